The molecule has 0 saturated carbocycles. The van der Waals surface area contributed by atoms with Crippen molar-refractivity contribution >= 4 is 28.7 Å². The first kappa shape index (κ1) is 16.0. The Balaban J connectivity index is 1.74. The first-order valence-electron chi connectivity index (χ1n) is 7.11. The Morgan fingerprint density at radius 1 is 1.20 bits per heavy atom. The number of hydrogen-bond donors (Lipinski definition) is 2. The molecule has 1 aromatic heterocycles. The van der Waals surface area contributed by atoms with Gasteiger partial charge in [-0.1, -0.05) is 12.1 Å². The van der Waals surface area contributed by atoms with Gasteiger partial charge < -0.3 is 4.98 Å². The van der Waals surface area contributed by atoms with E-state index in [1.54, 1.807) is 24.3 Å². The predicted molar refractivity (Wildman–Crippen MR) is 90.5 cm³/mol. The molecule has 25 heavy (non-hydrogen) atoms. The lowest BCUT2D eigenvalue weighted by molar-refractivity contribution is -0.384. The first-order valence-corrected chi connectivity index (χ1v) is 7.11. The van der Waals surface area contributed by atoms with Gasteiger partial charge >= 0.3 is 5.91 Å². The summed E-state index contributed by atoms with van der Waals surface area (Å²) in [4.78, 5) is 40.5. The lowest BCUT2D eigenvalue weighted by Crippen LogP contribution is -2.24. The van der Waals surface area contributed by atoms with Gasteiger partial charge in [-0.3, -0.25) is 19.7 Å². The summed E-state index contributed by atoms with van der Waals surface area (Å²) in [5.41, 5.74) is 2.74. The molecule has 0 radical (unpaired) electrons. The Hall–Kier alpha value is -3.88. The summed E-state index contributed by atoms with van der Waals surface area (Å²) < 4.78 is 0. The minimum atomic E-state index is -0.680. The number of H-pyrrole nitrogens is 1. The maximum atomic E-state index is 12.0. The number of nitrogens with one attached hydrogen (secondary N) is 2. The van der Waals surface area contributed by atoms with Crippen molar-refractivity contribution in [2.45, 2.75) is 0 Å². The SMILES string of the molecule is O=C(NN=Cc1ccc([N+](=O)[O-])cc1)c1nc2ccccc2c(=O)[nH]1. The van der Waals surface area contributed by atoms with Crippen molar-refractivity contribution in [2.24, 2.45) is 5.10 Å². The van der Waals surface area contributed by atoms with Crippen molar-refractivity contribution in [3.8, 4) is 0 Å². The molecule has 0 unspecified atom stereocenters. The van der Waals surface area contributed by atoms with Gasteiger partial charge in [-0.05, 0) is 29.8 Å². The number of benzene rings is 2. The average molecular weight is 337 g/mol. The van der Waals surface area contributed by atoms with Crippen LogP contribution in [0.25, 0.3) is 10.9 Å². The third-order valence-corrected chi connectivity index (χ3v) is 3.31. The fourth-order valence-corrected chi connectivity index (χ4v) is 2.09. The Kier molecular flexibility index (Phi) is 4.29. The molecule has 2 aromatic carbocycles. The molecular weight excluding hydrogens is 326 g/mol. The second kappa shape index (κ2) is 6.71. The van der Waals surface area contributed by atoms with Gasteiger partial charge in [0.05, 0.1) is 22.0 Å². The maximum absolute atomic E-state index is 12.0. The van der Waals surface area contributed by atoms with Crippen LogP contribution in [0.3, 0.4) is 0 Å². The summed E-state index contributed by atoms with van der Waals surface area (Å²) in [5.74, 6) is -0.842. The number of nitro groups is 1. The number of amides is 1. The molecule has 0 aliphatic heterocycles. The van der Waals surface area contributed by atoms with E-state index in [4.69, 9.17) is 0 Å². The minimum Gasteiger partial charge on any atom is -0.302 e. The number of rotatable bonds is 4. The summed E-state index contributed by atoms with van der Waals surface area (Å²) in [7, 11) is 0. The van der Waals surface area contributed by atoms with E-state index < -0.39 is 16.4 Å². The highest BCUT2D eigenvalue weighted by Crippen LogP contribution is 2.10. The molecule has 9 nitrogen and oxygen atoms in total. The van der Waals surface area contributed by atoms with Crippen LogP contribution in [0.1, 0.15) is 16.2 Å². The molecule has 0 atom stereocenters. The third-order valence-electron chi connectivity index (χ3n) is 3.31. The number of nitrogens with zero attached hydrogens (tertiary/aromatic N) is 3. The molecular formula is C16H11N5O4. The van der Waals surface area contributed by atoms with Crippen LogP contribution >= 0.6 is 0 Å². The van der Waals surface area contributed by atoms with Gasteiger partial charge in [-0.2, -0.15) is 5.10 Å². The Morgan fingerprint density at radius 2 is 1.92 bits per heavy atom. The summed E-state index contributed by atoms with van der Waals surface area (Å²) >= 11 is 0. The topological polar surface area (TPSA) is 130 Å². The lowest BCUT2D eigenvalue weighted by Gasteiger charge is -2.01. The van der Waals surface area contributed by atoms with Crippen LogP contribution in [-0.4, -0.2) is 27.0 Å². The molecule has 0 fully saturated rings. The van der Waals surface area contributed by atoms with E-state index >= 15 is 0 Å². The van der Waals surface area contributed by atoms with Gasteiger partial charge in [-0.25, -0.2) is 10.4 Å². The molecule has 1 heterocycles. The molecule has 9 heteroatoms. The van der Waals surface area contributed by atoms with Crippen LogP contribution in [0.15, 0.2) is 58.4 Å². The second-order valence-corrected chi connectivity index (χ2v) is 4.98. The van der Waals surface area contributed by atoms with E-state index in [-0.39, 0.29) is 11.5 Å². The Morgan fingerprint density at radius 3 is 2.64 bits per heavy atom. The van der Waals surface area contributed by atoms with Crippen molar-refractivity contribution in [1.29, 1.82) is 0 Å². The van der Waals surface area contributed by atoms with Gasteiger partial charge in [0.25, 0.3) is 11.2 Å². The number of nitro benzene ring substituents is 1. The molecule has 0 aliphatic carbocycles. The predicted octanol–water partition coefficient (Wildman–Crippen LogP) is 1.60. The van der Waals surface area contributed by atoms with Gasteiger partial charge in [0.1, 0.15) is 0 Å². The normalized spacial score (nSPS) is 10.9. The quantitative estimate of drug-likeness (QED) is 0.424. The smallest absolute Gasteiger partial charge is 0.302 e. The number of carbonyl (C=O) groups is 1. The average Bonchev–Trinajstić information content (AvgIpc) is 2.62. The van der Waals surface area contributed by atoms with E-state index in [9.17, 15) is 19.7 Å². The van der Waals surface area contributed by atoms with E-state index in [0.717, 1.165) is 0 Å². The number of carbonyl (C=O) groups excluding carboxylic acids is 1. The molecule has 0 saturated heterocycles. The third kappa shape index (κ3) is 3.55. The largest absolute Gasteiger partial charge is 0.307 e. The number of hydrazone groups is 1. The van der Waals surface area contributed by atoms with Gasteiger partial charge in [0.2, 0.25) is 5.82 Å². The molecule has 1 amide bonds. The molecule has 0 spiro atoms. The number of non-ortho nitro benzene ring substituents is 1. The number of para-hydroxylation sites is 1. The standard InChI is InChI=1S/C16H11N5O4/c22-15-12-3-1-2-4-13(12)18-14(19-15)16(23)20-17-9-10-5-7-11(8-6-10)21(24)25/h1-9H,(H,20,23)(H,18,19,22). The van der Waals surface area contributed by atoms with E-state index in [1.165, 1.54) is 30.5 Å². The number of aromatic nitrogens is 2. The molecule has 3 rings (SSSR count). The number of fused-ring (bicyclic) bond motifs is 1. The summed E-state index contributed by atoms with van der Waals surface area (Å²) in [6.45, 7) is 0. The molecule has 0 aliphatic rings. The highest BCUT2D eigenvalue weighted by atomic mass is 16.6. The molecule has 0 bridgehead atoms. The van der Waals surface area contributed by atoms with Crippen molar-refractivity contribution in [1.82, 2.24) is 15.4 Å². The van der Waals surface area contributed by atoms with E-state index in [2.05, 4.69) is 20.5 Å². The van der Waals surface area contributed by atoms with E-state index in [0.29, 0.717) is 16.5 Å². The van der Waals surface area contributed by atoms with Crippen molar-refractivity contribution in [2.75, 3.05) is 0 Å². The van der Waals surface area contributed by atoms with Gasteiger partial charge in [0.15, 0.2) is 0 Å². The highest BCUT2D eigenvalue weighted by molar-refractivity contribution is 5.93. The number of hydrogen-bond acceptors (Lipinski definition) is 6. The highest BCUT2D eigenvalue weighted by Gasteiger charge is 2.10. The molecule has 3 aromatic rings. The monoisotopic (exact) mass is 337 g/mol. The Bertz CT molecular complexity index is 1040. The van der Waals surface area contributed by atoms with Crippen molar-refractivity contribution in [3.63, 3.8) is 0 Å². The minimum absolute atomic E-state index is 0.0425. The molecule has 2 N–H and O–H groups in total. The van der Waals surface area contributed by atoms with Crippen LogP contribution in [0.4, 0.5) is 5.69 Å². The van der Waals surface area contributed by atoms with Crippen LogP contribution in [0.2, 0.25) is 0 Å². The maximum Gasteiger partial charge on any atom is 0.307 e. The van der Waals surface area contributed by atoms with Gasteiger partial charge in [0, 0.05) is 12.1 Å². The summed E-state index contributed by atoms with van der Waals surface area (Å²) in [6, 6.07) is 12.3. The van der Waals surface area contributed by atoms with Crippen LogP contribution in [0.5, 0.6) is 0 Å². The van der Waals surface area contributed by atoms with Crippen LogP contribution in [-0.2, 0) is 0 Å². The zero-order chi connectivity index (χ0) is 17.8. The molecule has 124 valence electrons. The fourth-order valence-electron chi connectivity index (χ4n) is 2.09. The van der Waals surface area contributed by atoms with Crippen LogP contribution in [0, 0.1) is 10.1 Å². The lowest BCUT2D eigenvalue weighted by atomic mass is 10.2. The fraction of sp³-hybridized carbons (Fsp3) is 0. The number of aromatic amines is 1. The summed E-state index contributed by atoms with van der Waals surface area (Å²) in [6.07, 6.45) is 1.32. The first-order chi connectivity index (χ1) is 12.0. The zero-order valence-electron chi connectivity index (χ0n) is 12.7. The van der Waals surface area contributed by atoms with E-state index in [1.807, 2.05) is 0 Å². The summed E-state index contributed by atoms with van der Waals surface area (Å²) in [5, 5.41) is 14.7. The second-order valence-electron chi connectivity index (χ2n) is 4.98. The Labute approximate surface area is 140 Å². The van der Waals surface area contributed by atoms with Crippen LogP contribution < -0.4 is 11.0 Å². The van der Waals surface area contributed by atoms with Crippen molar-refractivity contribution in [3.05, 3.63) is 80.4 Å². The van der Waals surface area contributed by atoms with Crippen molar-refractivity contribution < 1.29 is 9.72 Å². The zero-order valence-corrected chi connectivity index (χ0v) is 12.7. The van der Waals surface area contributed by atoms with Gasteiger partial charge in [-0.15, -0.1) is 0 Å².